The molecule has 0 aliphatic rings. The van der Waals surface area contributed by atoms with Gasteiger partial charge in [0.05, 0.1) is 21.3 Å². The average molecular weight is 480 g/mol. The largest absolute Gasteiger partial charge is 0.493 e. The maximum atomic E-state index is 12.3. The molecule has 0 fully saturated rings. The second kappa shape index (κ2) is 11.7. The van der Waals surface area contributed by atoms with Crippen LogP contribution in [0.15, 0.2) is 42.6 Å². The summed E-state index contributed by atoms with van der Waals surface area (Å²) in [5.74, 6) is 0.997. The van der Waals surface area contributed by atoms with Crippen LogP contribution in [0, 0.1) is 0 Å². The van der Waals surface area contributed by atoms with Crippen molar-refractivity contribution in [1.29, 1.82) is 0 Å². The van der Waals surface area contributed by atoms with E-state index >= 15 is 0 Å². The number of benzene rings is 2. The van der Waals surface area contributed by atoms with E-state index in [1.54, 1.807) is 26.5 Å². The Labute approximate surface area is 203 Å². The highest BCUT2D eigenvalue weighted by atomic mass is 16.5. The number of carbonyl (C=O) groups is 2. The van der Waals surface area contributed by atoms with Crippen molar-refractivity contribution in [2.45, 2.75) is 25.7 Å². The third-order valence-electron chi connectivity index (χ3n) is 5.32. The summed E-state index contributed by atoms with van der Waals surface area (Å²) in [7, 11) is 4.46. The zero-order valence-electron chi connectivity index (χ0n) is 20.0. The molecular formula is C25H29N5O5. The number of hydrogen-bond donors (Lipinski definition) is 3. The molecule has 1 amide bonds. The normalized spacial score (nSPS) is 10.5. The van der Waals surface area contributed by atoms with Crippen molar-refractivity contribution in [1.82, 2.24) is 9.97 Å². The molecule has 35 heavy (non-hydrogen) atoms. The SMILES string of the molecule is COC(=O)CCCC(=O)Nc1cccc(-c2cc(Cc3cnc(N)nc3N)cc(OC)c2OC)c1. The standard InChI is InChI=1S/C25H29N5O5/c1-33-20-12-15(10-17-14-28-25(27)30-24(17)26)11-19(23(20)35-3)16-6-4-7-18(13-16)29-21(31)8-5-9-22(32)34-2/h4,6-7,11-14H,5,8-10H2,1-3H3,(H,29,31)(H4,26,27,28,30). The van der Waals surface area contributed by atoms with Gasteiger partial charge in [0.2, 0.25) is 11.9 Å². The Bertz CT molecular complexity index is 1210. The van der Waals surface area contributed by atoms with Crippen LogP contribution < -0.4 is 26.3 Å². The minimum Gasteiger partial charge on any atom is -0.493 e. The first-order chi connectivity index (χ1) is 16.8. The summed E-state index contributed by atoms with van der Waals surface area (Å²) < 4.78 is 15.8. The summed E-state index contributed by atoms with van der Waals surface area (Å²) in [6.45, 7) is 0. The zero-order valence-corrected chi connectivity index (χ0v) is 20.0. The van der Waals surface area contributed by atoms with Crippen molar-refractivity contribution in [2.75, 3.05) is 38.1 Å². The molecule has 0 aliphatic heterocycles. The van der Waals surface area contributed by atoms with Crippen LogP contribution in [0.25, 0.3) is 11.1 Å². The number of aromatic nitrogens is 2. The number of amides is 1. The van der Waals surface area contributed by atoms with E-state index in [0.29, 0.717) is 35.8 Å². The summed E-state index contributed by atoms with van der Waals surface area (Å²) in [4.78, 5) is 31.6. The number of nitrogens with two attached hydrogens (primary N) is 2. The first-order valence-electron chi connectivity index (χ1n) is 10.9. The summed E-state index contributed by atoms with van der Waals surface area (Å²) in [6, 6.07) is 11.2. The molecule has 10 heteroatoms. The fraction of sp³-hybridized carbons (Fsp3) is 0.280. The van der Waals surface area contributed by atoms with Gasteiger partial charge in [-0.25, -0.2) is 4.98 Å². The number of anilines is 3. The fourth-order valence-corrected chi connectivity index (χ4v) is 3.61. The third kappa shape index (κ3) is 6.59. The van der Waals surface area contributed by atoms with Crippen molar-refractivity contribution in [3.63, 3.8) is 0 Å². The molecule has 2 aromatic carbocycles. The maximum Gasteiger partial charge on any atom is 0.305 e. The lowest BCUT2D eigenvalue weighted by Gasteiger charge is -2.16. The Morgan fingerprint density at radius 2 is 1.83 bits per heavy atom. The Morgan fingerprint density at radius 1 is 1.03 bits per heavy atom. The Balaban J connectivity index is 1.88. The summed E-state index contributed by atoms with van der Waals surface area (Å²) in [6.07, 6.45) is 2.86. The van der Waals surface area contributed by atoms with Crippen molar-refractivity contribution in [3.05, 3.63) is 53.7 Å². The molecule has 5 N–H and O–H groups in total. The van der Waals surface area contributed by atoms with E-state index in [1.165, 1.54) is 7.11 Å². The maximum absolute atomic E-state index is 12.3. The lowest BCUT2D eigenvalue weighted by Crippen LogP contribution is -2.12. The van der Waals surface area contributed by atoms with Crippen LogP contribution >= 0.6 is 0 Å². The molecule has 0 atom stereocenters. The minimum atomic E-state index is -0.340. The van der Waals surface area contributed by atoms with Gasteiger partial charge in [-0.1, -0.05) is 12.1 Å². The second-order valence-corrected chi connectivity index (χ2v) is 7.75. The molecule has 1 aromatic heterocycles. The van der Waals surface area contributed by atoms with Gasteiger partial charge < -0.3 is 31.0 Å². The van der Waals surface area contributed by atoms with Crippen LogP contribution in [0.3, 0.4) is 0 Å². The first kappa shape index (κ1) is 25.3. The van der Waals surface area contributed by atoms with Gasteiger partial charge in [-0.2, -0.15) is 4.98 Å². The van der Waals surface area contributed by atoms with Crippen LogP contribution in [-0.4, -0.2) is 43.2 Å². The first-order valence-corrected chi connectivity index (χ1v) is 10.9. The van der Waals surface area contributed by atoms with Gasteiger partial charge in [0.1, 0.15) is 5.82 Å². The fourth-order valence-electron chi connectivity index (χ4n) is 3.61. The van der Waals surface area contributed by atoms with Crippen LogP contribution in [-0.2, 0) is 20.7 Å². The molecule has 0 bridgehead atoms. The Hall–Kier alpha value is -4.34. The van der Waals surface area contributed by atoms with E-state index in [2.05, 4.69) is 20.0 Å². The van der Waals surface area contributed by atoms with Gasteiger partial charge in [-0.3, -0.25) is 9.59 Å². The molecule has 3 aromatic rings. The second-order valence-electron chi connectivity index (χ2n) is 7.75. The van der Waals surface area contributed by atoms with Gasteiger partial charge in [0, 0.05) is 42.3 Å². The summed E-state index contributed by atoms with van der Waals surface area (Å²) >= 11 is 0. The van der Waals surface area contributed by atoms with Crippen molar-refractivity contribution < 1.29 is 23.8 Å². The van der Waals surface area contributed by atoms with Gasteiger partial charge in [0.15, 0.2) is 11.5 Å². The Morgan fingerprint density at radius 3 is 2.51 bits per heavy atom. The van der Waals surface area contributed by atoms with E-state index in [-0.39, 0.29) is 30.7 Å². The van der Waals surface area contributed by atoms with Gasteiger partial charge in [0.25, 0.3) is 0 Å². The lowest BCUT2D eigenvalue weighted by molar-refractivity contribution is -0.140. The van der Waals surface area contributed by atoms with Gasteiger partial charge >= 0.3 is 5.97 Å². The van der Waals surface area contributed by atoms with Crippen molar-refractivity contribution >= 4 is 29.3 Å². The van der Waals surface area contributed by atoms with E-state index in [4.69, 9.17) is 20.9 Å². The van der Waals surface area contributed by atoms with Crippen molar-refractivity contribution in [2.24, 2.45) is 0 Å². The van der Waals surface area contributed by atoms with Crippen molar-refractivity contribution in [3.8, 4) is 22.6 Å². The predicted molar refractivity (Wildman–Crippen MR) is 133 cm³/mol. The quantitative estimate of drug-likeness (QED) is 0.372. The molecule has 0 saturated carbocycles. The monoisotopic (exact) mass is 479 g/mol. The van der Waals surface area contributed by atoms with Crippen LogP contribution in [0.1, 0.15) is 30.4 Å². The molecule has 0 saturated heterocycles. The summed E-state index contributed by atoms with van der Waals surface area (Å²) in [5, 5.41) is 2.87. The highest BCUT2D eigenvalue weighted by Gasteiger charge is 2.16. The van der Waals surface area contributed by atoms with Crippen LogP contribution in [0.2, 0.25) is 0 Å². The number of hydrogen-bond acceptors (Lipinski definition) is 9. The predicted octanol–water partition coefficient (Wildman–Crippen LogP) is 3.20. The number of esters is 1. The lowest BCUT2D eigenvalue weighted by atomic mass is 9.97. The number of rotatable bonds is 10. The summed E-state index contributed by atoms with van der Waals surface area (Å²) in [5.41, 5.74) is 15.5. The molecule has 0 unspecified atom stereocenters. The molecule has 0 aliphatic carbocycles. The van der Waals surface area contributed by atoms with E-state index in [0.717, 1.165) is 22.3 Å². The number of nitrogens with one attached hydrogen (secondary N) is 1. The topological polar surface area (TPSA) is 152 Å². The molecule has 10 nitrogen and oxygen atoms in total. The van der Waals surface area contributed by atoms with E-state index in [9.17, 15) is 9.59 Å². The third-order valence-corrected chi connectivity index (χ3v) is 5.32. The smallest absolute Gasteiger partial charge is 0.305 e. The number of nitrogens with zero attached hydrogens (tertiary/aromatic N) is 2. The van der Waals surface area contributed by atoms with E-state index in [1.807, 2.05) is 30.3 Å². The van der Waals surface area contributed by atoms with Crippen LogP contribution in [0.4, 0.5) is 17.5 Å². The zero-order chi connectivity index (χ0) is 25.4. The molecule has 0 spiro atoms. The average Bonchev–Trinajstić information content (AvgIpc) is 2.85. The molecular weight excluding hydrogens is 450 g/mol. The highest BCUT2D eigenvalue weighted by Crippen LogP contribution is 2.40. The molecule has 184 valence electrons. The number of ether oxygens (including phenoxy) is 3. The Kier molecular flexibility index (Phi) is 8.44. The molecule has 0 radical (unpaired) electrons. The molecule has 3 rings (SSSR count). The van der Waals surface area contributed by atoms with E-state index < -0.39 is 0 Å². The number of nitrogen functional groups attached to an aromatic ring is 2. The number of methoxy groups -OCH3 is 3. The molecule has 1 heterocycles. The number of carbonyl (C=O) groups excluding carboxylic acids is 2. The van der Waals surface area contributed by atoms with Gasteiger partial charge in [-0.05, 0) is 41.8 Å². The minimum absolute atomic E-state index is 0.114. The highest BCUT2D eigenvalue weighted by molar-refractivity contribution is 5.92. The van der Waals surface area contributed by atoms with Crippen LogP contribution in [0.5, 0.6) is 11.5 Å². The van der Waals surface area contributed by atoms with Gasteiger partial charge in [-0.15, -0.1) is 0 Å².